The third kappa shape index (κ3) is 5.68. The van der Waals surface area contributed by atoms with E-state index in [4.69, 9.17) is 34.8 Å². The third-order valence-electron chi connectivity index (χ3n) is 1.52. The fraction of sp³-hybridized carbons (Fsp3) is 0. The first-order chi connectivity index (χ1) is 7.18. The van der Waals surface area contributed by atoms with Gasteiger partial charge >= 0.3 is 0 Å². The zero-order chi connectivity index (χ0) is 11.1. The summed E-state index contributed by atoms with van der Waals surface area (Å²) in [4.78, 5) is 0. The zero-order valence-corrected chi connectivity index (χ0v) is 10.1. The Balaban J connectivity index is 0.000000151. The molecule has 0 atom stereocenters. The van der Waals surface area contributed by atoms with Crippen LogP contribution in [0.4, 0.5) is 0 Å². The minimum absolute atomic E-state index is 0.678. The van der Waals surface area contributed by atoms with Crippen molar-refractivity contribution in [3.05, 3.63) is 69.7 Å². The standard InChI is InChI=1S/C6H4Cl2.C6H5Cl/c7-5-2-1-3-6(8)4-5;7-6-4-2-1-3-5-6/h1-4H;1-5H. The molecule has 0 saturated carbocycles. The largest absolute Gasteiger partial charge is 0.0843 e. The number of hydrogen-bond donors (Lipinski definition) is 0. The Bertz CT molecular complexity index is 381. The molecule has 0 aromatic heterocycles. The van der Waals surface area contributed by atoms with Gasteiger partial charge in [-0.15, -0.1) is 0 Å². The van der Waals surface area contributed by atoms with Crippen molar-refractivity contribution < 1.29 is 0 Å². The van der Waals surface area contributed by atoms with Crippen LogP contribution in [0.2, 0.25) is 15.1 Å². The van der Waals surface area contributed by atoms with E-state index in [2.05, 4.69) is 0 Å². The molecule has 0 aliphatic rings. The van der Waals surface area contributed by atoms with Crippen molar-refractivity contribution in [2.24, 2.45) is 0 Å². The van der Waals surface area contributed by atoms with Gasteiger partial charge in [0.1, 0.15) is 0 Å². The van der Waals surface area contributed by atoms with E-state index < -0.39 is 0 Å². The van der Waals surface area contributed by atoms with Gasteiger partial charge in [-0.2, -0.15) is 0 Å². The molecule has 2 aromatic carbocycles. The van der Waals surface area contributed by atoms with Crippen molar-refractivity contribution in [3.8, 4) is 0 Å². The Labute approximate surface area is 104 Å². The molecule has 15 heavy (non-hydrogen) atoms. The second-order valence-electron chi connectivity index (χ2n) is 2.74. The second kappa shape index (κ2) is 6.73. The van der Waals surface area contributed by atoms with Crippen molar-refractivity contribution in [3.63, 3.8) is 0 Å². The monoisotopic (exact) mass is 258 g/mol. The smallest absolute Gasteiger partial charge is 0.0420 e. The molecule has 0 heterocycles. The van der Waals surface area contributed by atoms with Crippen LogP contribution in [0.15, 0.2) is 54.6 Å². The van der Waals surface area contributed by atoms with Crippen molar-refractivity contribution in [2.45, 2.75) is 0 Å². The highest BCUT2D eigenvalue weighted by atomic mass is 35.5. The maximum atomic E-state index is 5.56. The summed E-state index contributed by atoms with van der Waals surface area (Å²) in [6.45, 7) is 0. The average molecular weight is 260 g/mol. The van der Waals surface area contributed by atoms with E-state index >= 15 is 0 Å². The van der Waals surface area contributed by atoms with Crippen LogP contribution in [0.1, 0.15) is 0 Å². The van der Waals surface area contributed by atoms with Crippen LogP contribution >= 0.6 is 34.8 Å². The zero-order valence-electron chi connectivity index (χ0n) is 7.83. The van der Waals surface area contributed by atoms with Gasteiger partial charge in [-0.3, -0.25) is 0 Å². The molecule has 2 rings (SSSR count). The van der Waals surface area contributed by atoms with Gasteiger partial charge in [-0.05, 0) is 30.3 Å². The van der Waals surface area contributed by atoms with Gasteiger partial charge in [-0.1, -0.05) is 59.1 Å². The van der Waals surface area contributed by atoms with Gasteiger partial charge in [0.2, 0.25) is 0 Å². The SMILES string of the molecule is Clc1cccc(Cl)c1.Clc1ccccc1. The fourth-order valence-corrected chi connectivity index (χ4v) is 1.46. The first-order valence-corrected chi connectivity index (χ1v) is 5.43. The minimum atomic E-state index is 0.678. The van der Waals surface area contributed by atoms with Gasteiger partial charge in [-0.25, -0.2) is 0 Å². The van der Waals surface area contributed by atoms with Gasteiger partial charge in [0.25, 0.3) is 0 Å². The summed E-state index contributed by atoms with van der Waals surface area (Å²) in [5.74, 6) is 0. The summed E-state index contributed by atoms with van der Waals surface area (Å²) in [6, 6.07) is 16.5. The molecular formula is C12H9Cl3. The second-order valence-corrected chi connectivity index (χ2v) is 4.04. The lowest BCUT2D eigenvalue weighted by Gasteiger charge is -1.86. The van der Waals surface area contributed by atoms with Gasteiger partial charge in [0.05, 0.1) is 0 Å². The average Bonchev–Trinajstić information content (AvgIpc) is 2.19. The molecular weight excluding hydrogens is 250 g/mol. The molecule has 0 N–H and O–H groups in total. The summed E-state index contributed by atoms with van der Waals surface area (Å²) < 4.78 is 0. The summed E-state index contributed by atoms with van der Waals surface area (Å²) >= 11 is 16.7. The number of hydrogen-bond acceptors (Lipinski definition) is 0. The molecule has 0 spiro atoms. The highest BCUT2D eigenvalue weighted by Gasteiger charge is 1.85. The Hall–Kier alpha value is -0.690. The van der Waals surface area contributed by atoms with Crippen LogP contribution in [0.5, 0.6) is 0 Å². The van der Waals surface area contributed by atoms with E-state index in [1.807, 2.05) is 36.4 Å². The van der Waals surface area contributed by atoms with Gasteiger partial charge in [0.15, 0.2) is 0 Å². The van der Waals surface area contributed by atoms with Crippen molar-refractivity contribution in [1.82, 2.24) is 0 Å². The first kappa shape index (κ1) is 12.4. The molecule has 3 heteroatoms. The first-order valence-electron chi connectivity index (χ1n) is 4.30. The predicted octanol–water partition coefficient (Wildman–Crippen LogP) is 5.33. The van der Waals surface area contributed by atoms with Crippen LogP contribution in [0, 0.1) is 0 Å². The van der Waals surface area contributed by atoms with Gasteiger partial charge in [0, 0.05) is 15.1 Å². The van der Waals surface area contributed by atoms with Crippen LogP contribution in [-0.4, -0.2) is 0 Å². The molecule has 0 aliphatic heterocycles. The van der Waals surface area contributed by atoms with E-state index in [1.54, 1.807) is 18.2 Å². The number of halogens is 3. The maximum absolute atomic E-state index is 5.56. The van der Waals surface area contributed by atoms with Crippen LogP contribution in [0.3, 0.4) is 0 Å². The molecule has 0 saturated heterocycles. The highest BCUT2D eigenvalue weighted by molar-refractivity contribution is 6.34. The summed E-state index contributed by atoms with van der Waals surface area (Å²) in [5, 5.41) is 2.15. The molecule has 0 fully saturated rings. The number of rotatable bonds is 0. The van der Waals surface area contributed by atoms with Crippen molar-refractivity contribution in [2.75, 3.05) is 0 Å². The fourth-order valence-electron chi connectivity index (χ4n) is 0.875. The molecule has 78 valence electrons. The Morgan fingerprint density at radius 1 is 0.533 bits per heavy atom. The highest BCUT2D eigenvalue weighted by Crippen LogP contribution is 2.13. The van der Waals surface area contributed by atoms with E-state index in [1.165, 1.54) is 0 Å². The molecule has 0 bridgehead atoms. The Kier molecular flexibility index (Phi) is 5.56. The normalized spacial score (nSPS) is 9.00. The maximum Gasteiger partial charge on any atom is 0.0420 e. The minimum Gasteiger partial charge on any atom is -0.0843 e. The molecule has 0 nitrogen and oxygen atoms in total. The summed E-state index contributed by atoms with van der Waals surface area (Å²) in [6.07, 6.45) is 0. The topological polar surface area (TPSA) is 0 Å². The van der Waals surface area contributed by atoms with Crippen molar-refractivity contribution in [1.29, 1.82) is 0 Å². The lowest BCUT2D eigenvalue weighted by atomic mass is 10.4. The lowest BCUT2D eigenvalue weighted by molar-refractivity contribution is 1.71. The van der Waals surface area contributed by atoms with E-state index in [0.717, 1.165) is 5.02 Å². The molecule has 0 aliphatic carbocycles. The quantitative estimate of drug-likeness (QED) is 0.599. The molecule has 0 radical (unpaired) electrons. The number of benzene rings is 2. The van der Waals surface area contributed by atoms with E-state index in [0.29, 0.717) is 10.0 Å². The molecule has 0 unspecified atom stereocenters. The Morgan fingerprint density at radius 2 is 1.00 bits per heavy atom. The van der Waals surface area contributed by atoms with Crippen LogP contribution in [0.25, 0.3) is 0 Å². The molecule has 0 amide bonds. The van der Waals surface area contributed by atoms with E-state index in [9.17, 15) is 0 Å². The van der Waals surface area contributed by atoms with Crippen LogP contribution < -0.4 is 0 Å². The summed E-state index contributed by atoms with van der Waals surface area (Å²) in [5.41, 5.74) is 0. The summed E-state index contributed by atoms with van der Waals surface area (Å²) in [7, 11) is 0. The third-order valence-corrected chi connectivity index (χ3v) is 2.24. The van der Waals surface area contributed by atoms with Gasteiger partial charge < -0.3 is 0 Å². The molecule has 2 aromatic rings. The van der Waals surface area contributed by atoms with E-state index in [-0.39, 0.29) is 0 Å². The predicted molar refractivity (Wildman–Crippen MR) is 67.9 cm³/mol. The van der Waals surface area contributed by atoms with Crippen LogP contribution in [-0.2, 0) is 0 Å². The lowest BCUT2D eigenvalue weighted by Crippen LogP contribution is -1.61. The van der Waals surface area contributed by atoms with Crippen molar-refractivity contribution >= 4 is 34.8 Å². The Morgan fingerprint density at radius 3 is 1.27 bits per heavy atom.